The molecule has 0 unspecified atom stereocenters. The van der Waals surface area contributed by atoms with E-state index in [1.165, 1.54) is 7.11 Å². The van der Waals surface area contributed by atoms with Gasteiger partial charge >= 0.3 is 12.0 Å². The predicted octanol–water partition coefficient (Wildman–Crippen LogP) is 2.67. The lowest BCUT2D eigenvalue weighted by molar-refractivity contribution is -0.150. The topological polar surface area (TPSA) is 85.9 Å². The monoisotopic (exact) mass is 348 g/mol. The minimum Gasteiger partial charge on any atom is -0.497 e. The molecule has 0 spiro atoms. The maximum absolute atomic E-state index is 12.7. The highest BCUT2D eigenvalue weighted by Gasteiger charge is 2.35. The van der Waals surface area contributed by atoms with Gasteiger partial charge in [0.15, 0.2) is 0 Å². The Labute approximate surface area is 147 Å². The Morgan fingerprint density at radius 3 is 2.40 bits per heavy atom. The maximum Gasteiger partial charge on any atom is 0.338 e. The third-order valence-electron chi connectivity index (χ3n) is 3.64. The third kappa shape index (κ3) is 4.23. The van der Waals surface area contributed by atoms with E-state index in [2.05, 4.69) is 10.6 Å². The number of carbonyl (C=O) groups is 2. The molecule has 1 aromatic rings. The number of amides is 2. The van der Waals surface area contributed by atoms with E-state index < -0.39 is 23.6 Å². The maximum atomic E-state index is 12.7. The minimum absolute atomic E-state index is 0.331. The number of esters is 1. The average Bonchev–Trinajstić information content (AvgIpc) is 2.51. The van der Waals surface area contributed by atoms with Gasteiger partial charge in [-0.05, 0) is 39.8 Å². The Morgan fingerprint density at radius 2 is 1.84 bits per heavy atom. The summed E-state index contributed by atoms with van der Waals surface area (Å²) in [5.41, 5.74) is 0.762. The van der Waals surface area contributed by atoms with Crippen LogP contribution in [-0.4, -0.2) is 31.8 Å². The number of nitrogens with one attached hydrogen (secondary N) is 2. The number of rotatable bonds is 4. The van der Waals surface area contributed by atoms with Crippen molar-refractivity contribution in [3.05, 3.63) is 35.0 Å². The fraction of sp³-hybridized carbons (Fsp3) is 0.444. The molecule has 2 amide bonds. The van der Waals surface area contributed by atoms with E-state index in [1.807, 2.05) is 0 Å². The lowest BCUT2D eigenvalue weighted by Gasteiger charge is -2.31. The Hall–Kier alpha value is -2.70. The summed E-state index contributed by atoms with van der Waals surface area (Å²) >= 11 is 0. The quantitative estimate of drug-likeness (QED) is 0.817. The number of urea groups is 1. The van der Waals surface area contributed by atoms with E-state index in [-0.39, 0.29) is 0 Å². The zero-order chi connectivity index (χ0) is 18.8. The summed E-state index contributed by atoms with van der Waals surface area (Å²) in [6.45, 7) is 7.04. The van der Waals surface area contributed by atoms with Crippen LogP contribution in [0.5, 0.6) is 11.5 Å². The highest BCUT2D eigenvalue weighted by atomic mass is 16.6. The molecule has 0 saturated carbocycles. The zero-order valence-corrected chi connectivity index (χ0v) is 15.4. The van der Waals surface area contributed by atoms with Crippen LogP contribution in [0.3, 0.4) is 0 Å². The second-order valence-electron chi connectivity index (χ2n) is 6.68. The number of hydrogen-bond acceptors (Lipinski definition) is 5. The Balaban J connectivity index is 2.51. The van der Waals surface area contributed by atoms with Gasteiger partial charge in [0, 0.05) is 17.3 Å². The lowest BCUT2D eigenvalue weighted by Crippen LogP contribution is -2.46. The summed E-state index contributed by atoms with van der Waals surface area (Å²) in [6, 6.07) is 4.11. The van der Waals surface area contributed by atoms with Crippen LogP contribution in [0.25, 0.3) is 0 Å². The van der Waals surface area contributed by atoms with Gasteiger partial charge in [-0.1, -0.05) is 0 Å². The van der Waals surface area contributed by atoms with Gasteiger partial charge in [-0.2, -0.15) is 0 Å². The number of carbonyl (C=O) groups excluding carboxylic acids is 2. The fourth-order valence-electron chi connectivity index (χ4n) is 2.59. The van der Waals surface area contributed by atoms with Crippen LogP contribution in [0.15, 0.2) is 29.5 Å². The van der Waals surface area contributed by atoms with E-state index >= 15 is 0 Å². The summed E-state index contributed by atoms with van der Waals surface area (Å²) in [4.78, 5) is 24.7. The minimum atomic E-state index is -0.690. The molecule has 1 aliphatic heterocycles. The third-order valence-corrected chi connectivity index (χ3v) is 3.64. The number of ether oxygens (including phenoxy) is 3. The van der Waals surface area contributed by atoms with Crippen LogP contribution in [0, 0.1) is 0 Å². The first-order chi connectivity index (χ1) is 11.7. The summed E-state index contributed by atoms with van der Waals surface area (Å²) in [6.07, 6.45) is 0. The van der Waals surface area contributed by atoms with E-state index in [4.69, 9.17) is 14.2 Å². The van der Waals surface area contributed by atoms with Gasteiger partial charge in [-0.25, -0.2) is 9.59 Å². The van der Waals surface area contributed by atoms with E-state index in [9.17, 15) is 9.59 Å². The Morgan fingerprint density at radius 1 is 1.16 bits per heavy atom. The van der Waals surface area contributed by atoms with Crippen molar-refractivity contribution in [3.63, 3.8) is 0 Å². The molecule has 1 aliphatic rings. The molecule has 0 radical (unpaired) electrons. The first-order valence-electron chi connectivity index (χ1n) is 7.90. The van der Waals surface area contributed by atoms with Gasteiger partial charge in [-0.15, -0.1) is 0 Å². The summed E-state index contributed by atoms with van der Waals surface area (Å²) in [5, 5.41) is 5.38. The highest BCUT2D eigenvalue weighted by molar-refractivity contribution is 5.95. The molecule has 0 aliphatic carbocycles. The van der Waals surface area contributed by atoms with Crippen molar-refractivity contribution in [2.75, 3.05) is 14.2 Å². The normalized spacial score (nSPS) is 17.5. The van der Waals surface area contributed by atoms with Crippen LogP contribution >= 0.6 is 0 Å². The van der Waals surface area contributed by atoms with Gasteiger partial charge in [0.2, 0.25) is 0 Å². The fourth-order valence-corrected chi connectivity index (χ4v) is 2.59. The van der Waals surface area contributed by atoms with Crippen LogP contribution in [0.2, 0.25) is 0 Å². The average molecular weight is 348 g/mol. The molecule has 0 fully saturated rings. The predicted molar refractivity (Wildman–Crippen MR) is 92.5 cm³/mol. The highest BCUT2D eigenvalue weighted by Crippen LogP contribution is 2.36. The van der Waals surface area contributed by atoms with Gasteiger partial charge < -0.3 is 24.8 Å². The summed E-state index contributed by atoms with van der Waals surface area (Å²) in [7, 11) is 3.07. The molecule has 2 rings (SSSR count). The van der Waals surface area contributed by atoms with Gasteiger partial charge in [0.25, 0.3) is 0 Å². The largest absolute Gasteiger partial charge is 0.497 e. The second kappa shape index (κ2) is 7.04. The van der Waals surface area contributed by atoms with Crippen molar-refractivity contribution in [2.24, 2.45) is 0 Å². The Kier molecular flexibility index (Phi) is 5.25. The molecule has 1 atom stereocenters. The van der Waals surface area contributed by atoms with Crippen molar-refractivity contribution in [1.29, 1.82) is 0 Å². The Bertz CT molecular complexity index is 719. The zero-order valence-electron chi connectivity index (χ0n) is 15.4. The molecule has 7 heteroatoms. The van der Waals surface area contributed by atoms with Crippen molar-refractivity contribution >= 4 is 12.0 Å². The first-order valence-corrected chi connectivity index (χ1v) is 7.90. The number of hydrogen-bond donors (Lipinski definition) is 2. The molecule has 1 heterocycles. The van der Waals surface area contributed by atoms with E-state index in [1.54, 1.807) is 53.0 Å². The number of benzene rings is 1. The van der Waals surface area contributed by atoms with Crippen molar-refractivity contribution in [1.82, 2.24) is 10.6 Å². The van der Waals surface area contributed by atoms with Crippen LogP contribution in [-0.2, 0) is 9.53 Å². The summed E-state index contributed by atoms with van der Waals surface area (Å²) in [5.74, 6) is 0.612. The molecule has 25 heavy (non-hydrogen) atoms. The second-order valence-corrected chi connectivity index (χ2v) is 6.68. The smallest absolute Gasteiger partial charge is 0.338 e. The first kappa shape index (κ1) is 18.6. The number of allylic oxidation sites excluding steroid dienone is 1. The van der Waals surface area contributed by atoms with E-state index in [0.717, 1.165) is 0 Å². The molecule has 0 bridgehead atoms. The van der Waals surface area contributed by atoms with Crippen LogP contribution in [0.4, 0.5) is 4.79 Å². The molecule has 0 saturated heterocycles. The van der Waals surface area contributed by atoms with Crippen LogP contribution in [0.1, 0.15) is 39.3 Å². The molecule has 136 valence electrons. The molecular weight excluding hydrogens is 324 g/mol. The molecule has 0 aromatic heterocycles. The molecule has 7 nitrogen and oxygen atoms in total. The van der Waals surface area contributed by atoms with Crippen LogP contribution < -0.4 is 20.1 Å². The number of methoxy groups -OCH3 is 2. The van der Waals surface area contributed by atoms with Crippen molar-refractivity contribution < 1.29 is 23.8 Å². The lowest BCUT2D eigenvalue weighted by atomic mass is 9.94. The molecule has 1 aromatic carbocycles. The van der Waals surface area contributed by atoms with E-state index in [0.29, 0.717) is 28.3 Å². The van der Waals surface area contributed by atoms with Gasteiger partial charge in [0.05, 0.1) is 25.8 Å². The van der Waals surface area contributed by atoms with Gasteiger partial charge in [-0.3, -0.25) is 0 Å². The molecule has 2 N–H and O–H groups in total. The van der Waals surface area contributed by atoms with Crippen molar-refractivity contribution in [2.45, 2.75) is 39.3 Å². The van der Waals surface area contributed by atoms with Crippen molar-refractivity contribution in [3.8, 4) is 11.5 Å². The standard InChI is InChI=1S/C18H24N2O5/c1-10-14(16(21)25-18(2,3)4)15(20-17(22)19-10)12-8-7-11(23-5)9-13(12)24-6/h7-9,15H,1-6H3,(H2,19,20,22)/t15-/m1/s1. The summed E-state index contributed by atoms with van der Waals surface area (Å²) < 4.78 is 16.1. The molecular formula is C18H24N2O5. The SMILES string of the molecule is COc1ccc([C@H]2NC(=O)NC(C)=C2C(=O)OC(C)(C)C)c(OC)c1. The van der Waals surface area contributed by atoms with Gasteiger partial charge in [0.1, 0.15) is 17.1 Å².